The summed E-state index contributed by atoms with van der Waals surface area (Å²) in [5, 5.41) is 0. The normalized spacial score (nSPS) is 10.1. The molecule has 2 aromatic carbocycles. The van der Waals surface area contributed by atoms with Crippen molar-refractivity contribution in [2.24, 2.45) is 5.73 Å². The molecule has 92 valence electrons. The molecule has 2 aromatic rings. The highest BCUT2D eigenvalue weighted by Gasteiger charge is 2.12. The van der Waals surface area contributed by atoms with Crippen molar-refractivity contribution in [2.45, 2.75) is 4.90 Å². The quantitative estimate of drug-likeness (QED) is 0.679. The Labute approximate surface area is 116 Å². The molecule has 0 aromatic heterocycles. The Balaban J connectivity index is 2.42. The van der Waals surface area contributed by atoms with Gasteiger partial charge in [0.15, 0.2) is 0 Å². The summed E-state index contributed by atoms with van der Waals surface area (Å²) >= 11 is 6.70. The van der Waals surface area contributed by atoms with Crippen molar-refractivity contribution < 1.29 is 4.74 Å². The van der Waals surface area contributed by atoms with E-state index in [0.717, 1.165) is 16.2 Å². The summed E-state index contributed by atoms with van der Waals surface area (Å²) in [4.78, 5) is 1.38. The Morgan fingerprint density at radius 2 is 1.83 bits per heavy atom. The second kappa shape index (κ2) is 5.89. The highest BCUT2D eigenvalue weighted by atomic mass is 32.2. The molecule has 0 aliphatic rings. The lowest BCUT2D eigenvalue weighted by atomic mass is 10.2. The van der Waals surface area contributed by atoms with Crippen LogP contribution in [-0.2, 0) is 0 Å². The van der Waals surface area contributed by atoms with Gasteiger partial charge in [-0.3, -0.25) is 0 Å². The van der Waals surface area contributed by atoms with Gasteiger partial charge >= 0.3 is 0 Å². The van der Waals surface area contributed by atoms with E-state index in [1.165, 1.54) is 0 Å². The van der Waals surface area contributed by atoms with Crippen LogP contribution in [0.4, 0.5) is 0 Å². The first kappa shape index (κ1) is 12.9. The first-order valence-electron chi connectivity index (χ1n) is 5.42. The smallest absolute Gasteiger partial charge is 0.138 e. The molecule has 2 rings (SSSR count). The lowest BCUT2D eigenvalue weighted by molar-refractivity contribution is 0.480. The number of rotatable bonds is 4. The van der Waals surface area contributed by atoms with Crippen LogP contribution in [0.2, 0.25) is 0 Å². The maximum Gasteiger partial charge on any atom is 0.138 e. The molecule has 0 heterocycles. The maximum absolute atomic E-state index is 5.83. The van der Waals surface area contributed by atoms with E-state index in [9.17, 15) is 0 Å². The summed E-state index contributed by atoms with van der Waals surface area (Å²) in [5.41, 5.74) is 6.58. The molecule has 4 heteroatoms. The Hall–Kier alpha value is -1.52. The highest BCUT2D eigenvalue weighted by Crippen LogP contribution is 2.31. The van der Waals surface area contributed by atoms with Gasteiger partial charge in [-0.05, 0) is 30.5 Å². The van der Waals surface area contributed by atoms with Crippen LogP contribution < -0.4 is 10.5 Å². The fourth-order valence-electron chi connectivity index (χ4n) is 1.62. The van der Waals surface area contributed by atoms with E-state index in [-0.39, 0.29) is 0 Å². The molecular weight excluding hydrogens is 262 g/mol. The van der Waals surface area contributed by atoms with Gasteiger partial charge in [-0.2, -0.15) is 0 Å². The van der Waals surface area contributed by atoms with Crippen LogP contribution in [0.25, 0.3) is 0 Å². The van der Waals surface area contributed by atoms with Gasteiger partial charge in [0.25, 0.3) is 0 Å². The summed E-state index contributed by atoms with van der Waals surface area (Å²) in [6.45, 7) is 0. The zero-order valence-electron chi connectivity index (χ0n) is 9.92. The summed E-state index contributed by atoms with van der Waals surface area (Å²) in [5.74, 6) is 1.47. The number of thioether (sulfide) groups is 1. The van der Waals surface area contributed by atoms with E-state index >= 15 is 0 Å². The average Bonchev–Trinajstić information content (AvgIpc) is 2.39. The number of nitrogens with two attached hydrogens (primary N) is 1. The monoisotopic (exact) mass is 275 g/mol. The van der Waals surface area contributed by atoms with Crippen LogP contribution in [-0.4, -0.2) is 11.2 Å². The maximum atomic E-state index is 5.83. The number of hydrogen-bond donors (Lipinski definition) is 1. The van der Waals surface area contributed by atoms with Crippen LogP contribution in [0.1, 0.15) is 5.56 Å². The number of ether oxygens (including phenoxy) is 1. The fraction of sp³-hybridized carbons (Fsp3) is 0.0714. The first-order chi connectivity index (χ1) is 8.72. The van der Waals surface area contributed by atoms with E-state index in [1.54, 1.807) is 11.8 Å². The van der Waals surface area contributed by atoms with Crippen LogP contribution in [0.5, 0.6) is 11.5 Å². The van der Waals surface area contributed by atoms with E-state index < -0.39 is 0 Å². The molecule has 2 nitrogen and oxygen atoms in total. The molecule has 0 fully saturated rings. The average molecular weight is 275 g/mol. The van der Waals surface area contributed by atoms with Crippen molar-refractivity contribution in [2.75, 3.05) is 6.26 Å². The first-order valence-corrected chi connectivity index (χ1v) is 7.05. The summed E-state index contributed by atoms with van der Waals surface area (Å²) < 4.78 is 5.83. The minimum absolute atomic E-state index is 0.353. The molecule has 0 radical (unpaired) electrons. The van der Waals surface area contributed by atoms with Crippen molar-refractivity contribution in [1.82, 2.24) is 0 Å². The number of para-hydroxylation sites is 1. The number of thiocarbonyl (C=S) groups is 1. The second-order valence-corrected chi connectivity index (χ2v) is 4.90. The third-order valence-corrected chi connectivity index (χ3v) is 3.41. The molecule has 0 bridgehead atoms. The topological polar surface area (TPSA) is 35.2 Å². The third kappa shape index (κ3) is 2.83. The molecule has 0 unspecified atom stereocenters. The zero-order valence-corrected chi connectivity index (χ0v) is 11.6. The number of hydrogen-bond acceptors (Lipinski definition) is 3. The van der Waals surface area contributed by atoms with Crippen LogP contribution >= 0.6 is 24.0 Å². The summed E-state index contributed by atoms with van der Waals surface area (Å²) in [6.07, 6.45) is 1.99. The van der Waals surface area contributed by atoms with Gasteiger partial charge in [0.2, 0.25) is 0 Å². The predicted molar refractivity (Wildman–Crippen MR) is 80.6 cm³/mol. The molecule has 0 aliphatic carbocycles. The van der Waals surface area contributed by atoms with Crippen LogP contribution in [0.15, 0.2) is 53.4 Å². The minimum Gasteiger partial charge on any atom is -0.457 e. The van der Waals surface area contributed by atoms with Gasteiger partial charge in [0.05, 0.1) is 5.56 Å². The van der Waals surface area contributed by atoms with Gasteiger partial charge in [-0.25, -0.2) is 0 Å². The minimum atomic E-state index is 0.353. The van der Waals surface area contributed by atoms with E-state index in [0.29, 0.717) is 10.7 Å². The third-order valence-electron chi connectivity index (χ3n) is 2.43. The van der Waals surface area contributed by atoms with E-state index in [4.69, 9.17) is 22.7 Å². The standard InChI is InChI=1S/C14H13NOS2/c1-18-12-9-5-8-11(13(12)14(15)17)16-10-6-3-2-4-7-10/h2-9H,1H3,(H2,15,17). The summed E-state index contributed by atoms with van der Waals surface area (Å²) in [6, 6.07) is 15.4. The van der Waals surface area contributed by atoms with Gasteiger partial charge in [-0.15, -0.1) is 11.8 Å². The van der Waals surface area contributed by atoms with E-state index in [2.05, 4.69) is 0 Å². The van der Waals surface area contributed by atoms with Crippen molar-refractivity contribution >= 4 is 29.0 Å². The Kier molecular flexibility index (Phi) is 4.23. The van der Waals surface area contributed by atoms with Gasteiger partial charge < -0.3 is 10.5 Å². The molecule has 2 N–H and O–H groups in total. The molecular formula is C14H13NOS2. The Morgan fingerprint density at radius 1 is 1.11 bits per heavy atom. The number of benzene rings is 2. The van der Waals surface area contributed by atoms with Crippen molar-refractivity contribution in [3.05, 3.63) is 54.1 Å². The molecule has 18 heavy (non-hydrogen) atoms. The molecule has 0 saturated carbocycles. The Bertz CT molecular complexity index is 555. The molecule has 0 amide bonds. The lowest BCUT2D eigenvalue weighted by Gasteiger charge is -2.13. The van der Waals surface area contributed by atoms with Crippen molar-refractivity contribution in [3.8, 4) is 11.5 Å². The Morgan fingerprint density at radius 3 is 2.44 bits per heavy atom. The van der Waals surface area contributed by atoms with Gasteiger partial charge in [0, 0.05) is 4.90 Å². The highest BCUT2D eigenvalue weighted by molar-refractivity contribution is 7.98. The van der Waals surface area contributed by atoms with Gasteiger partial charge in [0.1, 0.15) is 16.5 Å². The van der Waals surface area contributed by atoms with Crippen LogP contribution in [0, 0.1) is 0 Å². The lowest BCUT2D eigenvalue weighted by Crippen LogP contribution is -2.12. The van der Waals surface area contributed by atoms with E-state index in [1.807, 2.05) is 54.8 Å². The molecule has 0 saturated heterocycles. The second-order valence-electron chi connectivity index (χ2n) is 3.61. The largest absolute Gasteiger partial charge is 0.457 e. The van der Waals surface area contributed by atoms with Gasteiger partial charge in [-0.1, -0.05) is 36.5 Å². The molecule has 0 atom stereocenters. The summed E-state index contributed by atoms with van der Waals surface area (Å²) in [7, 11) is 0. The predicted octanol–water partition coefficient (Wildman–Crippen LogP) is 3.84. The molecule has 0 aliphatic heterocycles. The zero-order chi connectivity index (χ0) is 13.0. The SMILES string of the molecule is CSc1cccc(Oc2ccccc2)c1C(N)=S. The van der Waals surface area contributed by atoms with Crippen molar-refractivity contribution in [3.63, 3.8) is 0 Å². The molecule has 0 spiro atoms. The van der Waals surface area contributed by atoms with Crippen LogP contribution in [0.3, 0.4) is 0 Å². The van der Waals surface area contributed by atoms with Crippen molar-refractivity contribution in [1.29, 1.82) is 0 Å². The fourth-order valence-corrected chi connectivity index (χ4v) is 2.53.